The summed E-state index contributed by atoms with van der Waals surface area (Å²) in [6.45, 7) is 0. The standard InChI is InChI=1S/C10H6BrClN2OS/c11-6-1-2-7(8(12)5-6)9(15)14-10-13-3-4-16-10/h1-5H,(H,13,14,15). The Kier molecular flexibility index (Phi) is 3.58. The molecule has 0 spiro atoms. The first-order valence-corrected chi connectivity index (χ1v) is 6.38. The van der Waals surface area contributed by atoms with Crippen LogP contribution < -0.4 is 5.32 Å². The second-order valence-electron chi connectivity index (χ2n) is 2.92. The summed E-state index contributed by atoms with van der Waals surface area (Å²) < 4.78 is 0.836. The summed E-state index contributed by atoms with van der Waals surface area (Å²) in [7, 11) is 0. The summed E-state index contributed by atoms with van der Waals surface area (Å²) in [5.41, 5.74) is 0.431. The second kappa shape index (κ2) is 4.95. The van der Waals surface area contributed by atoms with Gasteiger partial charge in [-0.05, 0) is 18.2 Å². The van der Waals surface area contributed by atoms with Crippen molar-refractivity contribution in [2.24, 2.45) is 0 Å². The smallest absolute Gasteiger partial charge is 0.258 e. The molecular formula is C10H6BrClN2OS. The molecule has 0 saturated carbocycles. The molecule has 0 saturated heterocycles. The maximum atomic E-state index is 11.8. The summed E-state index contributed by atoms with van der Waals surface area (Å²) in [6.07, 6.45) is 1.63. The highest BCUT2D eigenvalue weighted by molar-refractivity contribution is 9.10. The first-order chi connectivity index (χ1) is 7.66. The number of thiazole rings is 1. The lowest BCUT2D eigenvalue weighted by Gasteiger charge is -2.04. The van der Waals surface area contributed by atoms with Crippen molar-refractivity contribution in [1.29, 1.82) is 0 Å². The van der Waals surface area contributed by atoms with Crippen LogP contribution in [0.2, 0.25) is 5.02 Å². The van der Waals surface area contributed by atoms with Crippen molar-refractivity contribution in [3.05, 3.63) is 44.8 Å². The van der Waals surface area contributed by atoms with Gasteiger partial charge in [0.25, 0.3) is 5.91 Å². The number of hydrogen-bond acceptors (Lipinski definition) is 3. The Labute approximate surface area is 110 Å². The highest BCUT2D eigenvalue weighted by atomic mass is 79.9. The van der Waals surface area contributed by atoms with Crippen LogP contribution in [0.4, 0.5) is 5.13 Å². The molecule has 1 aromatic carbocycles. The quantitative estimate of drug-likeness (QED) is 0.915. The number of carbonyl (C=O) groups is 1. The molecular weight excluding hydrogens is 312 g/mol. The SMILES string of the molecule is O=C(Nc1nccs1)c1ccc(Br)cc1Cl. The predicted octanol–water partition coefficient (Wildman–Crippen LogP) is 3.81. The molecule has 1 heterocycles. The van der Waals surface area contributed by atoms with Gasteiger partial charge < -0.3 is 0 Å². The summed E-state index contributed by atoms with van der Waals surface area (Å²) in [5, 5.41) is 5.42. The van der Waals surface area contributed by atoms with Crippen molar-refractivity contribution >= 4 is 49.9 Å². The number of rotatable bonds is 2. The van der Waals surface area contributed by atoms with Gasteiger partial charge in [0.15, 0.2) is 5.13 Å². The topological polar surface area (TPSA) is 42.0 Å². The zero-order valence-electron chi connectivity index (χ0n) is 7.91. The Morgan fingerprint density at radius 2 is 2.31 bits per heavy atom. The van der Waals surface area contributed by atoms with Gasteiger partial charge in [0.2, 0.25) is 0 Å². The van der Waals surface area contributed by atoms with E-state index in [1.807, 2.05) is 0 Å². The van der Waals surface area contributed by atoms with E-state index in [4.69, 9.17) is 11.6 Å². The number of carbonyl (C=O) groups excluding carboxylic acids is 1. The fraction of sp³-hybridized carbons (Fsp3) is 0. The average Bonchev–Trinajstić information content (AvgIpc) is 2.70. The van der Waals surface area contributed by atoms with Gasteiger partial charge in [-0.2, -0.15) is 0 Å². The van der Waals surface area contributed by atoms with E-state index < -0.39 is 0 Å². The van der Waals surface area contributed by atoms with Gasteiger partial charge in [0.05, 0.1) is 10.6 Å². The van der Waals surface area contributed by atoms with Gasteiger partial charge in [-0.1, -0.05) is 27.5 Å². The predicted molar refractivity (Wildman–Crippen MR) is 69.2 cm³/mol. The summed E-state index contributed by atoms with van der Waals surface area (Å²) >= 11 is 10.6. The van der Waals surface area contributed by atoms with Crippen molar-refractivity contribution in [3.63, 3.8) is 0 Å². The molecule has 0 bridgehead atoms. The first kappa shape index (κ1) is 11.6. The molecule has 0 aliphatic carbocycles. The molecule has 2 aromatic rings. The van der Waals surface area contributed by atoms with E-state index in [1.54, 1.807) is 29.8 Å². The Bertz CT molecular complexity index is 516. The van der Waals surface area contributed by atoms with Gasteiger partial charge in [0.1, 0.15) is 0 Å². The van der Waals surface area contributed by atoms with Crippen LogP contribution in [-0.4, -0.2) is 10.9 Å². The zero-order chi connectivity index (χ0) is 11.5. The lowest BCUT2D eigenvalue weighted by Crippen LogP contribution is -2.12. The third-order valence-electron chi connectivity index (χ3n) is 1.83. The minimum atomic E-state index is -0.257. The highest BCUT2D eigenvalue weighted by Gasteiger charge is 2.11. The average molecular weight is 318 g/mol. The number of nitrogens with zero attached hydrogens (tertiary/aromatic N) is 1. The van der Waals surface area contributed by atoms with E-state index in [0.717, 1.165) is 4.47 Å². The van der Waals surface area contributed by atoms with E-state index in [9.17, 15) is 4.79 Å². The van der Waals surface area contributed by atoms with Crippen LogP contribution in [0.15, 0.2) is 34.2 Å². The fourth-order valence-electron chi connectivity index (χ4n) is 1.12. The van der Waals surface area contributed by atoms with E-state index >= 15 is 0 Å². The third kappa shape index (κ3) is 2.61. The molecule has 2 rings (SSSR count). The van der Waals surface area contributed by atoms with Crippen LogP contribution in [0, 0.1) is 0 Å². The van der Waals surface area contributed by atoms with Crippen molar-refractivity contribution in [1.82, 2.24) is 4.98 Å². The maximum Gasteiger partial charge on any atom is 0.258 e. The van der Waals surface area contributed by atoms with Crippen LogP contribution in [0.1, 0.15) is 10.4 Å². The molecule has 0 unspecified atom stereocenters. The minimum absolute atomic E-state index is 0.257. The van der Waals surface area contributed by atoms with Crippen molar-refractivity contribution in [3.8, 4) is 0 Å². The normalized spacial score (nSPS) is 10.1. The van der Waals surface area contributed by atoms with Crippen molar-refractivity contribution in [2.75, 3.05) is 5.32 Å². The molecule has 0 radical (unpaired) electrons. The molecule has 6 heteroatoms. The Morgan fingerprint density at radius 1 is 1.50 bits per heavy atom. The molecule has 0 atom stereocenters. The lowest BCUT2D eigenvalue weighted by atomic mass is 10.2. The number of benzene rings is 1. The number of halogens is 2. The Balaban J connectivity index is 2.21. The van der Waals surface area contributed by atoms with Crippen LogP contribution >= 0.6 is 38.9 Å². The summed E-state index contributed by atoms with van der Waals surface area (Å²) in [4.78, 5) is 15.8. The van der Waals surface area contributed by atoms with Crippen LogP contribution in [-0.2, 0) is 0 Å². The molecule has 0 fully saturated rings. The summed E-state index contributed by atoms with van der Waals surface area (Å²) in [5.74, 6) is -0.257. The molecule has 0 aliphatic rings. The number of anilines is 1. The highest BCUT2D eigenvalue weighted by Crippen LogP contribution is 2.22. The monoisotopic (exact) mass is 316 g/mol. The molecule has 16 heavy (non-hydrogen) atoms. The van der Waals surface area contributed by atoms with Crippen LogP contribution in [0.3, 0.4) is 0 Å². The zero-order valence-corrected chi connectivity index (χ0v) is 11.1. The van der Waals surface area contributed by atoms with Gasteiger partial charge >= 0.3 is 0 Å². The van der Waals surface area contributed by atoms with Gasteiger partial charge in [-0.15, -0.1) is 11.3 Å². The van der Waals surface area contributed by atoms with E-state index in [-0.39, 0.29) is 5.91 Å². The molecule has 1 aromatic heterocycles. The molecule has 82 valence electrons. The van der Waals surface area contributed by atoms with E-state index in [2.05, 4.69) is 26.2 Å². The van der Waals surface area contributed by atoms with Gasteiger partial charge in [0, 0.05) is 16.0 Å². The maximum absolute atomic E-state index is 11.8. The molecule has 1 N–H and O–H groups in total. The Morgan fingerprint density at radius 3 is 2.94 bits per heavy atom. The lowest BCUT2D eigenvalue weighted by molar-refractivity contribution is 0.102. The summed E-state index contributed by atoms with van der Waals surface area (Å²) in [6, 6.07) is 5.11. The molecule has 0 aliphatic heterocycles. The van der Waals surface area contributed by atoms with E-state index in [0.29, 0.717) is 15.7 Å². The first-order valence-electron chi connectivity index (χ1n) is 4.33. The Hall–Kier alpha value is -0.910. The van der Waals surface area contributed by atoms with Gasteiger partial charge in [-0.3, -0.25) is 10.1 Å². The minimum Gasteiger partial charge on any atom is -0.298 e. The number of aromatic nitrogens is 1. The number of hydrogen-bond donors (Lipinski definition) is 1. The fourth-order valence-corrected chi connectivity index (χ4v) is 2.41. The number of amides is 1. The van der Waals surface area contributed by atoms with Crippen molar-refractivity contribution < 1.29 is 4.79 Å². The van der Waals surface area contributed by atoms with Gasteiger partial charge in [-0.25, -0.2) is 4.98 Å². The largest absolute Gasteiger partial charge is 0.298 e. The number of nitrogens with one attached hydrogen (secondary N) is 1. The van der Waals surface area contributed by atoms with Crippen LogP contribution in [0.25, 0.3) is 0 Å². The van der Waals surface area contributed by atoms with Crippen LogP contribution in [0.5, 0.6) is 0 Å². The van der Waals surface area contributed by atoms with E-state index in [1.165, 1.54) is 11.3 Å². The molecule has 3 nitrogen and oxygen atoms in total. The third-order valence-corrected chi connectivity index (χ3v) is 3.32. The van der Waals surface area contributed by atoms with Crippen molar-refractivity contribution in [2.45, 2.75) is 0 Å². The second-order valence-corrected chi connectivity index (χ2v) is 5.13. The molecule has 1 amide bonds.